The molecular formula is C14H19BFNO3. The molecule has 2 heterocycles. The molecule has 2 aliphatic rings. The minimum absolute atomic E-state index is 0.211. The molecule has 1 aliphatic heterocycles. The van der Waals surface area contributed by atoms with Crippen LogP contribution in [0.3, 0.4) is 0 Å². The average Bonchev–Trinajstić information content (AvgIpc) is 3.06. The lowest BCUT2D eigenvalue weighted by Gasteiger charge is -2.32. The Kier molecular flexibility index (Phi) is 3.06. The minimum Gasteiger partial charge on any atom is -0.490 e. The van der Waals surface area contributed by atoms with Crippen LogP contribution in [0.2, 0.25) is 0 Å². The van der Waals surface area contributed by atoms with Crippen molar-refractivity contribution in [2.24, 2.45) is 0 Å². The molecule has 0 N–H and O–H groups in total. The number of ether oxygens (including phenoxy) is 1. The molecule has 1 saturated carbocycles. The highest BCUT2D eigenvalue weighted by molar-refractivity contribution is 6.61. The summed E-state index contributed by atoms with van der Waals surface area (Å²) in [5.74, 6) is -0.0856. The van der Waals surface area contributed by atoms with E-state index in [4.69, 9.17) is 14.0 Å². The second-order valence-electron chi connectivity index (χ2n) is 6.46. The second-order valence-corrected chi connectivity index (χ2v) is 6.46. The number of hydrogen-bond donors (Lipinski definition) is 0. The Bertz CT molecular complexity index is 515. The Morgan fingerprint density at radius 2 is 1.80 bits per heavy atom. The van der Waals surface area contributed by atoms with Crippen LogP contribution in [-0.4, -0.2) is 29.4 Å². The maximum atomic E-state index is 13.6. The van der Waals surface area contributed by atoms with Crippen LogP contribution in [0, 0.1) is 5.95 Å². The lowest BCUT2D eigenvalue weighted by molar-refractivity contribution is 0.00578. The molecule has 0 unspecified atom stereocenters. The number of pyridine rings is 1. The number of hydrogen-bond acceptors (Lipinski definition) is 4. The molecule has 1 saturated heterocycles. The molecule has 6 heteroatoms. The lowest BCUT2D eigenvalue weighted by Crippen LogP contribution is -2.41. The van der Waals surface area contributed by atoms with Gasteiger partial charge in [0, 0.05) is 6.07 Å². The van der Waals surface area contributed by atoms with Gasteiger partial charge in [0.2, 0.25) is 5.95 Å². The summed E-state index contributed by atoms with van der Waals surface area (Å²) in [7, 11) is -0.669. The van der Waals surface area contributed by atoms with Crippen molar-refractivity contribution in [2.45, 2.75) is 57.8 Å². The standard InChI is InChI=1S/C14H19BFNO3/c1-13(2)14(3,4)20-15(19-13)11-7-10(8-12(16)17-11)18-9-5-6-9/h7-9H,5-6H2,1-4H3. The van der Waals surface area contributed by atoms with Crippen molar-refractivity contribution >= 4 is 12.7 Å². The summed E-state index contributed by atoms with van der Waals surface area (Å²) >= 11 is 0. The van der Waals surface area contributed by atoms with Gasteiger partial charge in [-0.2, -0.15) is 4.39 Å². The fourth-order valence-electron chi connectivity index (χ4n) is 2.02. The second kappa shape index (κ2) is 4.43. The van der Waals surface area contributed by atoms with Crippen molar-refractivity contribution in [1.29, 1.82) is 0 Å². The van der Waals surface area contributed by atoms with Crippen molar-refractivity contribution in [3.05, 3.63) is 18.1 Å². The van der Waals surface area contributed by atoms with Crippen LogP contribution in [0.1, 0.15) is 40.5 Å². The third-order valence-electron chi connectivity index (χ3n) is 4.11. The largest absolute Gasteiger partial charge is 0.514 e. The molecule has 0 atom stereocenters. The fourth-order valence-corrected chi connectivity index (χ4v) is 2.02. The third kappa shape index (κ3) is 2.54. The molecule has 1 aromatic heterocycles. The van der Waals surface area contributed by atoms with Gasteiger partial charge in [0.05, 0.1) is 22.9 Å². The highest BCUT2D eigenvalue weighted by Gasteiger charge is 2.52. The van der Waals surface area contributed by atoms with E-state index in [-0.39, 0.29) is 6.10 Å². The van der Waals surface area contributed by atoms with Gasteiger partial charge in [0.25, 0.3) is 0 Å². The van der Waals surface area contributed by atoms with E-state index in [1.807, 2.05) is 27.7 Å². The predicted octanol–water partition coefficient (Wildman–Crippen LogP) is 2.06. The number of rotatable bonds is 3. The van der Waals surface area contributed by atoms with Crippen LogP contribution in [0.5, 0.6) is 5.75 Å². The predicted molar refractivity (Wildman–Crippen MR) is 73.6 cm³/mol. The summed E-state index contributed by atoms with van der Waals surface area (Å²) < 4.78 is 31.0. The average molecular weight is 279 g/mol. The van der Waals surface area contributed by atoms with Crippen molar-refractivity contribution in [1.82, 2.24) is 4.98 Å². The van der Waals surface area contributed by atoms with Crippen molar-refractivity contribution in [2.75, 3.05) is 0 Å². The zero-order valence-corrected chi connectivity index (χ0v) is 12.3. The zero-order chi connectivity index (χ0) is 14.5. The van der Waals surface area contributed by atoms with Crippen LogP contribution in [0.15, 0.2) is 12.1 Å². The molecule has 0 amide bonds. The summed E-state index contributed by atoms with van der Waals surface area (Å²) in [5, 5.41) is 0. The normalized spacial score (nSPS) is 23.9. The maximum absolute atomic E-state index is 13.6. The first kappa shape index (κ1) is 13.8. The van der Waals surface area contributed by atoms with E-state index in [1.54, 1.807) is 6.07 Å². The van der Waals surface area contributed by atoms with Crippen LogP contribution in [0.4, 0.5) is 4.39 Å². The number of halogens is 1. The Morgan fingerprint density at radius 1 is 1.20 bits per heavy atom. The summed E-state index contributed by atoms with van der Waals surface area (Å²) in [6.07, 6.45) is 2.26. The molecule has 20 heavy (non-hydrogen) atoms. The van der Waals surface area contributed by atoms with E-state index >= 15 is 0 Å². The fraction of sp³-hybridized carbons (Fsp3) is 0.643. The van der Waals surface area contributed by atoms with E-state index in [0.717, 1.165) is 12.8 Å². The Balaban J connectivity index is 1.85. The van der Waals surface area contributed by atoms with Crippen LogP contribution < -0.4 is 10.3 Å². The monoisotopic (exact) mass is 279 g/mol. The quantitative estimate of drug-likeness (QED) is 0.627. The van der Waals surface area contributed by atoms with Crippen LogP contribution in [0.25, 0.3) is 0 Å². The molecule has 0 aromatic carbocycles. The molecule has 0 radical (unpaired) electrons. The van der Waals surface area contributed by atoms with Gasteiger partial charge in [-0.25, -0.2) is 4.98 Å². The van der Waals surface area contributed by atoms with Gasteiger partial charge in [0.1, 0.15) is 5.75 Å². The van der Waals surface area contributed by atoms with E-state index in [2.05, 4.69) is 4.98 Å². The van der Waals surface area contributed by atoms with E-state index in [9.17, 15) is 4.39 Å². The number of aromatic nitrogens is 1. The Hall–Kier alpha value is -1.14. The molecule has 4 nitrogen and oxygen atoms in total. The van der Waals surface area contributed by atoms with Gasteiger partial charge in [0.15, 0.2) is 0 Å². The summed E-state index contributed by atoms with van der Waals surface area (Å²) in [4.78, 5) is 3.88. The van der Waals surface area contributed by atoms with Crippen LogP contribution in [-0.2, 0) is 9.31 Å². The van der Waals surface area contributed by atoms with Gasteiger partial charge in [-0.1, -0.05) is 0 Å². The van der Waals surface area contributed by atoms with E-state index < -0.39 is 24.3 Å². The highest BCUT2D eigenvalue weighted by Crippen LogP contribution is 2.36. The highest BCUT2D eigenvalue weighted by atomic mass is 19.1. The van der Waals surface area contributed by atoms with Gasteiger partial charge < -0.3 is 14.0 Å². The summed E-state index contributed by atoms with van der Waals surface area (Å²) in [6, 6.07) is 3.00. The smallest absolute Gasteiger partial charge is 0.490 e. The topological polar surface area (TPSA) is 40.6 Å². The molecular weight excluding hydrogens is 260 g/mol. The summed E-state index contributed by atoms with van der Waals surface area (Å²) in [5.41, 5.74) is -0.522. The van der Waals surface area contributed by atoms with Crippen molar-refractivity contribution in [3.63, 3.8) is 0 Å². The Labute approximate surface area is 118 Å². The lowest BCUT2D eigenvalue weighted by atomic mass is 9.84. The SMILES string of the molecule is CC1(C)OB(c2cc(OC3CC3)cc(F)n2)OC1(C)C. The molecule has 3 rings (SSSR count). The van der Waals surface area contributed by atoms with E-state index in [0.29, 0.717) is 11.3 Å². The zero-order valence-electron chi connectivity index (χ0n) is 12.3. The Morgan fingerprint density at radius 3 is 2.35 bits per heavy atom. The molecule has 2 fully saturated rings. The van der Waals surface area contributed by atoms with Gasteiger partial charge >= 0.3 is 7.12 Å². The molecule has 0 spiro atoms. The third-order valence-corrected chi connectivity index (χ3v) is 4.11. The van der Waals surface area contributed by atoms with Crippen molar-refractivity contribution < 1.29 is 18.4 Å². The maximum Gasteiger partial charge on any atom is 0.514 e. The van der Waals surface area contributed by atoms with Gasteiger partial charge in [-0.3, -0.25) is 0 Å². The van der Waals surface area contributed by atoms with Crippen molar-refractivity contribution in [3.8, 4) is 5.75 Å². The molecule has 1 aliphatic carbocycles. The van der Waals surface area contributed by atoms with Gasteiger partial charge in [-0.05, 0) is 46.6 Å². The minimum atomic E-state index is -0.669. The molecule has 108 valence electrons. The first-order chi connectivity index (χ1) is 9.27. The first-order valence-corrected chi connectivity index (χ1v) is 6.97. The molecule has 1 aromatic rings. The van der Waals surface area contributed by atoms with E-state index in [1.165, 1.54) is 6.07 Å². The number of nitrogens with zero attached hydrogens (tertiary/aromatic N) is 1. The van der Waals surface area contributed by atoms with Crippen LogP contribution >= 0.6 is 0 Å². The first-order valence-electron chi connectivity index (χ1n) is 6.97. The summed E-state index contributed by atoms with van der Waals surface area (Å²) in [6.45, 7) is 7.81. The van der Waals surface area contributed by atoms with Gasteiger partial charge in [-0.15, -0.1) is 0 Å². The molecule has 0 bridgehead atoms.